The molecular formula is C12H12N2O2. The lowest BCUT2D eigenvalue weighted by Crippen LogP contribution is -2.46. The number of nitro groups is 1. The van der Waals surface area contributed by atoms with E-state index in [1.54, 1.807) is 12.2 Å². The van der Waals surface area contributed by atoms with Gasteiger partial charge in [-0.05, 0) is 11.1 Å². The van der Waals surface area contributed by atoms with Crippen LogP contribution in [0.1, 0.15) is 12.0 Å². The van der Waals surface area contributed by atoms with Crippen molar-refractivity contribution in [3.8, 4) is 0 Å². The summed E-state index contributed by atoms with van der Waals surface area (Å²) in [6, 6.07) is 9.72. The second kappa shape index (κ2) is 3.90. The van der Waals surface area contributed by atoms with Gasteiger partial charge in [0.25, 0.3) is 5.66 Å². The van der Waals surface area contributed by atoms with E-state index in [9.17, 15) is 10.1 Å². The van der Waals surface area contributed by atoms with Crippen molar-refractivity contribution in [1.29, 1.82) is 0 Å². The van der Waals surface area contributed by atoms with Gasteiger partial charge < -0.3 is 0 Å². The molecule has 4 heteroatoms. The van der Waals surface area contributed by atoms with Gasteiger partial charge in [-0.15, -0.1) is 0 Å². The van der Waals surface area contributed by atoms with Gasteiger partial charge in [0, 0.05) is 11.0 Å². The molecule has 1 aromatic carbocycles. The average molecular weight is 216 g/mol. The SMILES string of the molecule is NC1([N+](=O)[O-])C=CC(c2ccccc2)=CC1. The summed E-state index contributed by atoms with van der Waals surface area (Å²) in [5, 5.41) is 10.7. The van der Waals surface area contributed by atoms with Crippen LogP contribution < -0.4 is 5.73 Å². The maximum absolute atomic E-state index is 10.7. The Balaban J connectivity index is 2.23. The van der Waals surface area contributed by atoms with Gasteiger partial charge in [0.15, 0.2) is 0 Å². The zero-order chi connectivity index (χ0) is 11.6. The highest BCUT2D eigenvalue weighted by Gasteiger charge is 2.35. The molecule has 0 aromatic heterocycles. The van der Waals surface area contributed by atoms with Crippen LogP contribution in [0.3, 0.4) is 0 Å². The van der Waals surface area contributed by atoms with E-state index in [1.807, 2.05) is 30.3 Å². The van der Waals surface area contributed by atoms with Crippen molar-refractivity contribution < 1.29 is 4.92 Å². The van der Waals surface area contributed by atoms with Crippen LogP contribution in [-0.4, -0.2) is 10.6 Å². The lowest BCUT2D eigenvalue weighted by molar-refractivity contribution is -0.553. The Morgan fingerprint density at radius 1 is 1.31 bits per heavy atom. The van der Waals surface area contributed by atoms with E-state index >= 15 is 0 Å². The Labute approximate surface area is 93.2 Å². The van der Waals surface area contributed by atoms with Gasteiger partial charge in [0.05, 0.1) is 6.42 Å². The summed E-state index contributed by atoms with van der Waals surface area (Å²) in [5.41, 5.74) is 6.19. The van der Waals surface area contributed by atoms with Crippen LogP contribution in [0.5, 0.6) is 0 Å². The first kappa shape index (κ1) is 10.6. The first-order valence-corrected chi connectivity index (χ1v) is 5.00. The Hall–Kier alpha value is -1.94. The fraction of sp³-hybridized carbons (Fsp3) is 0.167. The molecule has 0 saturated heterocycles. The van der Waals surface area contributed by atoms with Crippen molar-refractivity contribution in [2.75, 3.05) is 0 Å². The summed E-state index contributed by atoms with van der Waals surface area (Å²) in [7, 11) is 0. The first-order chi connectivity index (χ1) is 7.62. The van der Waals surface area contributed by atoms with Crippen LogP contribution in [-0.2, 0) is 0 Å². The third-order valence-corrected chi connectivity index (χ3v) is 2.65. The van der Waals surface area contributed by atoms with Gasteiger partial charge in [0.1, 0.15) is 0 Å². The molecule has 4 nitrogen and oxygen atoms in total. The number of hydrogen-bond donors (Lipinski definition) is 1. The van der Waals surface area contributed by atoms with Crippen molar-refractivity contribution in [3.05, 3.63) is 64.2 Å². The van der Waals surface area contributed by atoms with Crippen molar-refractivity contribution in [2.24, 2.45) is 5.73 Å². The highest BCUT2D eigenvalue weighted by Crippen LogP contribution is 2.25. The Morgan fingerprint density at radius 2 is 2.00 bits per heavy atom. The molecule has 0 aliphatic heterocycles. The normalized spacial score (nSPS) is 23.9. The molecule has 0 fully saturated rings. The molecular weight excluding hydrogens is 204 g/mol. The molecule has 0 amide bonds. The van der Waals surface area contributed by atoms with Crippen LogP contribution in [0.2, 0.25) is 0 Å². The monoisotopic (exact) mass is 216 g/mol. The minimum absolute atomic E-state index is 0.223. The van der Waals surface area contributed by atoms with Gasteiger partial charge in [0.2, 0.25) is 0 Å². The van der Waals surface area contributed by atoms with Crippen LogP contribution >= 0.6 is 0 Å². The average Bonchev–Trinajstić information content (AvgIpc) is 2.31. The van der Waals surface area contributed by atoms with E-state index < -0.39 is 10.6 Å². The van der Waals surface area contributed by atoms with Gasteiger partial charge in [-0.1, -0.05) is 42.5 Å². The largest absolute Gasteiger partial charge is 0.295 e. The predicted molar refractivity (Wildman–Crippen MR) is 62.1 cm³/mol. The van der Waals surface area contributed by atoms with E-state index in [0.717, 1.165) is 11.1 Å². The maximum atomic E-state index is 10.7. The van der Waals surface area contributed by atoms with Crippen molar-refractivity contribution in [3.63, 3.8) is 0 Å². The topological polar surface area (TPSA) is 69.2 Å². The summed E-state index contributed by atoms with van der Waals surface area (Å²) in [5.74, 6) is 0. The molecule has 1 aliphatic rings. The van der Waals surface area contributed by atoms with E-state index in [-0.39, 0.29) is 6.42 Å². The van der Waals surface area contributed by atoms with Crippen LogP contribution in [0.4, 0.5) is 0 Å². The van der Waals surface area contributed by atoms with E-state index in [4.69, 9.17) is 5.73 Å². The molecule has 1 unspecified atom stereocenters. The molecule has 82 valence electrons. The molecule has 2 N–H and O–H groups in total. The fourth-order valence-electron chi connectivity index (χ4n) is 1.62. The molecule has 0 bridgehead atoms. The summed E-state index contributed by atoms with van der Waals surface area (Å²) in [6.07, 6.45) is 5.19. The molecule has 16 heavy (non-hydrogen) atoms. The van der Waals surface area contributed by atoms with E-state index in [0.29, 0.717) is 0 Å². The summed E-state index contributed by atoms with van der Waals surface area (Å²) < 4.78 is 0. The van der Waals surface area contributed by atoms with Crippen LogP contribution in [0, 0.1) is 10.1 Å². The maximum Gasteiger partial charge on any atom is 0.295 e. The zero-order valence-electron chi connectivity index (χ0n) is 8.67. The smallest absolute Gasteiger partial charge is 0.262 e. The van der Waals surface area contributed by atoms with Crippen molar-refractivity contribution >= 4 is 5.57 Å². The van der Waals surface area contributed by atoms with Crippen molar-refractivity contribution in [2.45, 2.75) is 12.1 Å². The van der Waals surface area contributed by atoms with Gasteiger partial charge in [-0.2, -0.15) is 0 Å². The molecule has 0 saturated carbocycles. The van der Waals surface area contributed by atoms with Gasteiger partial charge >= 0.3 is 0 Å². The number of allylic oxidation sites excluding steroid dienone is 2. The number of nitrogens with zero attached hydrogens (tertiary/aromatic N) is 1. The quantitative estimate of drug-likeness (QED) is 0.466. The summed E-state index contributed by atoms with van der Waals surface area (Å²) in [6.45, 7) is 0. The Bertz CT molecular complexity index is 465. The van der Waals surface area contributed by atoms with Gasteiger partial charge in [-0.3, -0.25) is 15.8 Å². The zero-order valence-corrected chi connectivity index (χ0v) is 8.67. The molecule has 2 rings (SSSR count). The number of hydrogen-bond acceptors (Lipinski definition) is 3. The lowest BCUT2D eigenvalue weighted by atomic mass is 9.94. The predicted octanol–water partition coefficient (Wildman–Crippen LogP) is 1.96. The minimum Gasteiger partial charge on any atom is -0.262 e. The number of nitrogens with two attached hydrogens (primary N) is 1. The molecule has 0 spiro atoms. The number of benzene rings is 1. The minimum atomic E-state index is -1.45. The molecule has 1 aliphatic carbocycles. The van der Waals surface area contributed by atoms with E-state index in [2.05, 4.69) is 0 Å². The fourth-order valence-corrected chi connectivity index (χ4v) is 1.62. The highest BCUT2D eigenvalue weighted by atomic mass is 16.6. The lowest BCUT2D eigenvalue weighted by Gasteiger charge is -2.19. The van der Waals surface area contributed by atoms with E-state index in [1.165, 1.54) is 6.08 Å². The molecule has 1 atom stereocenters. The molecule has 1 aromatic rings. The number of rotatable bonds is 2. The van der Waals surface area contributed by atoms with Crippen LogP contribution in [0.15, 0.2) is 48.6 Å². The Kier molecular flexibility index (Phi) is 2.58. The second-order valence-corrected chi connectivity index (χ2v) is 3.81. The van der Waals surface area contributed by atoms with Crippen molar-refractivity contribution in [1.82, 2.24) is 0 Å². The molecule has 0 heterocycles. The van der Waals surface area contributed by atoms with Crippen LogP contribution in [0.25, 0.3) is 5.57 Å². The standard InChI is InChI=1S/C12H12N2O2/c13-12(14(15)16)8-6-11(7-9-12)10-4-2-1-3-5-10/h1-8H,9,13H2. The molecule has 0 radical (unpaired) electrons. The third-order valence-electron chi connectivity index (χ3n) is 2.65. The van der Waals surface area contributed by atoms with Gasteiger partial charge in [-0.25, -0.2) is 0 Å². The second-order valence-electron chi connectivity index (χ2n) is 3.81. The highest BCUT2D eigenvalue weighted by molar-refractivity contribution is 5.75. The Morgan fingerprint density at radius 3 is 2.50 bits per heavy atom. The summed E-state index contributed by atoms with van der Waals surface area (Å²) in [4.78, 5) is 10.3. The third kappa shape index (κ3) is 1.87. The summed E-state index contributed by atoms with van der Waals surface area (Å²) >= 11 is 0. The first-order valence-electron chi connectivity index (χ1n) is 5.00.